The Bertz CT molecular complexity index is 1300. The quantitative estimate of drug-likeness (QED) is 0.136. The van der Waals surface area contributed by atoms with Crippen LogP contribution in [0.25, 0.3) is 0 Å². The Morgan fingerprint density at radius 3 is 2.38 bits per heavy atom. The molecule has 3 saturated carbocycles. The number of ether oxygens (including phenoxy) is 1. The van der Waals surface area contributed by atoms with Crippen LogP contribution in [0.3, 0.4) is 0 Å². The number of hydrogen-bond acceptors (Lipinski definition) is 8. The normalized spacial score (nSPS) is 32.1. The van der Waals surface area contributed by atoms with Crippen LogP contribution in [0, 0.1) is 34.5 Å². The van der Waals surface area contributed by atoms with Crippen LogP contribution in [0.2, 0.25) is 0 Å². The van der Waals surface area contributed by atoms with Gasteiger partial charge in [0.15, 0.2) is 12.4 Å². The minimum absolute atomic E-state index is 0.00454. The van der Waals surface area contributed by atoms with Gasteiger partial charge in [0.05, 0.1) is 6.42 Å². The number of amides is 2. The zero-order chi connectivity index (χ0) is 35.3. The van der Waals surface area contributed by atoms with Crippen molar-refractivity contribution in [1.82, 2.24) is 10.6 Å². The molecule has 4 rings (SSSR count). The van der Waals surface area contributed by atoms with E-state index in [0.717, 1.165) is 32.1 Å². The number of fused-ring (bicyclic) bond motifs is 5. The molecule has 0 aromatic rings. The van der Waals surface area contributed by atoms with Crippen molar-refractivity contribution in [1.29, 1.82) is 0 Å². The van der Waals surface area contributed by atoms with E-state index in [9.17, 15) is 39.0 Å². The molecular formula is C37H56N2O9. The first-order valence-corrected chi connectivity index (χ1v) is 18.1. The molecule has 0 bridgehead atoms. The van der Waals surface area contributed by atoms with Crippen LogP contribution in [0.15, 0.2) is 11.6 Å². The largest absolute Gasteiger partial charge is 0.480 e. The fourth-order valence-corrected chi connectivity index (χ4v) is 9.42. The van der Waals surface area contributed by atoms with Gasteiger partial charge in [-0.2, -0.15) is 0 Å². The van der Waals surface area contributed by atoms with Crippen LogP contribution in [0.1, 0.15) is 124 Å². The summed E-state index contributed by atoms with van der Waals surface area (Å²) in [5, 5.41) is 26.5. The van der Waals surface area contributed by atoms with Crippen LogP contribution in [0.4, 0.5) is 0 Å². The van der Waals surface area contributed by atoms with Crippen LogP contribution >= 0.6 is 0 Å². The zero-order valence-electron chi connectivity index (χ0n) is 29.2. The molecule has 11 heteroatoms. The minimum Gasteiger partial charge on any atom is -0.480 e. The molecule has 2 amide bonds. The Labute approximate surface area is 284 Å². The van der Waals surface area contributed by atoms with E-state index in [1.807, 2.05) is 19.9 Å². The number of rotatable bonds is 16. The average molecular weight is 673 g/mol. The SMILES string of the molecule is CC[C@@H](C)[C@H](NC(=O)CCCCCNC(=O)CCC(=O)OCC(=O)[C@@]1(O)CC[C@H]2[C@@H]3CCC4=CC(=O)CC[C@]4(C)[C@H]3CC[C@@]21C)C(=O)O. The molecule has 0 aromatic carbocycles. The van der Waals surface area contributed by atoms with Crippen molar-refractivity contribution in [3.05, 3.63) is 11.6 Å². The summed E-state index contributed by atoms with van der Waals surface area (Å²) in [7, 11) is 0. The number of nitrogens with one attached hydrogen (secondary N) is 2. The lowest BCUT2D eigenvalue weighted by atomic mass is 9.46. The Morgan fingerprint density at radius 1 is 0.938 bits per heavy atom. The van der Waals surface area contributed by atoms with Crippen LogP contribution in [-0.4, -0.2) is 70.3 Å². The molecule has 0 aliphatic heterocycles. The molecule has 3 fully saturated rings. The predicted molar refractivity (Wildman–Crippen MR) is 177 cm³/mol. The number of carboxylic acid groups (broad SMARTS) is 1. The van der Waals surface area contributed by atoms with Crippen LogP contribution < -0.4 is 10.6 Å². The number of ketones is 2. The van der Waals surface area contributed by atoms with Gasteiger partial charge in [-0.1, -0.05) is 46.1 Å². The molecule has 0 saturated heterocycles. The third kappa shape index (κ3) is 7.87. The van der Waals surface area contributed by atoms with E-state index in [4.69, 9.17) is 4.74 Å². The van der Waals surface area contributed by atoms with E-state index in [1.165, 1.54) is 5.57 Å². The minimum atomic E-state index is -1.56. The van der Waals surface area contributed by atoms with Gasteiger partial charge in [0.2, 0.25) is 17.6 Å². The summed E-state index contributed by atoms with van der Waals surface area (Å²) in [4.78, 5) is 73.7. The molecule has 0 spiro atoms. The molecular weight excluding hydrogens is 616 g/mol. The first-order chi connectivity index (χ1) is 22.7. The number of unbranched alkanes of at least 4 members (excludes halogenated alkanes) is 2. The average Bonchev–Trinajstić information content (AvgIpc) is 3.33. The van der Waals surface area contributed by atoms with Gasteiger partial charge in [0.25, 0.3) is 0 Å². The maximum Gasteiger partial charge on any atom is 0.326 e. The van der Waals surface area contributed by atoms with Crippen LogP contribution in [-0.2, 0) is 33.5 Å². The summed E-state index contributed by atoms with van der Waals surface area (Å²) in [5.41, 5.74) is -0.879. The molecule has 4 N–H and O–H groups in total. The number of aliphatic hydroxyl groups is 1. The van der Waals surface area contributed by atoms with Gasteiger partial charge in [-0.05, 0) is 93.0 Å². The lowest BCUT2D eigenvalue weighted by molar-refractivity contribution is -0.170. The molecule has 268 valence electrons. The highest BCUT2D eigenvalue weighted by Crippen LogP contribution is 2.67. The molecule has 11 nitrogen and oxygen atoms in total. The van der Waals surface area contributed by atoms with Gasteiger partial charge >= 0.3 is 11.9 Å². The lowest BCUT2D eigenvalue weighted by Crippen LogP contribution is -2.58. The maximum absolute atomic E-state index is 13.4. The number of Topliss-reactive ketones (excluding diaryl/α,β-unsaturated/α-hetero) is 1. The third-order valence-corrected chi connectivity index (χ3v) is 12.7. The number of hydrogen-bond donors (Lipinski definition) is 4. The van der Waals surface area contributed by atoms with Crippen molar-refractivity contribution in [2.75, 3.05) is 13.2 Å². The molecule has 0 radical (unpaired) electrons. The highest BCUT2D eigenvalue weighted by atomic mass is 16.5. The predicted octanol–water partition coefficient (Wildman–Crippen LogP) is 4.43. The van der Waals surface area contributed by atoms with E-state index in [0.29, 0.717) is 63.3 Å². The summed E-state index contributed by atoms with van der Waals surface area (Å²) in [5.74, 6) is -1.75. The van der Waals surface area contributed by atoms with Crippen molar-refractivity contribution in [2.24, 2.45) is 34.5 Å². The van der Waals surface area contributed by atoms with Gasteiger partial charge < -0.3 is 25.6 Å². The number of carboxylic acids is 1. The number of carbonyl (C=O) groups excluding carboxylic acids is 5. The molecule has 4 aliphatic carbocycles. The fourth-order valence-electron chi connectivity index (χ4n) is 9.42. The molecule has 48 heavy (non-hydrogen) atoms. The van der Waals surface area contributed by atoms with Crippen molar-refractivity contribution in [3.8, 4) is 0 Å². The second-order valence-corrected chi connectivity index (χ2v) is 15.3. The molecule has 0 aromatic heterocycles. The summed E-state index contributed by atoms with van der Waals surface area (Å²) in [6.07, 6.45) is 10.3. The fraction of sp³-hybridized carbons (Fsp3) is 0.784. The number of esters is 1. The highest BCUT2D eigenvalue weighted by molar-refractivity contribution is 5.92. The van der Waals surface area contributed by atoms with Gasteiger partial charge in [-0.25, -0.2) is 4.79 Å². The summed E-state index contributed by atoms with van der Waals surface area (Å²) in [6, 6.07) is -0.904. The van der Waals surface area contributed by atoms with Gasteiger partial charge in [-0.3, -0.25) is 24.0 Å². The molecule has 4 aliphatic rings. The smallest absolute Gasteiger partial charge is 0.326 e. The van der Waals surface area contributed by atoms with E-state index >= 15 is 0 Å². The lowest BCUT2D eigenvalue weighted by Gasteiger charge is -2.58. The van der Waals surface area contributed by atoms with Gasteiger partial charge in [0, 0.05) is 31.2 Å². The van der Waals surface area contributed by atoms with E-state index in [2.05, 4.69) is 17.6 Å². The summed E-state index contributed by atoms with van der Waals surface area (Å²) >= 11 is 0. The molecule has 0 heterocycles. The standard InChI is InChI=1S/C37H56N2O9/c1-5-23(2)33(34(45)46)39-31(43)9-7-6-8-20-38-30(42)12-13-32(44)48-22-29(41)37(47)19-16-28-26-11-10-24-21-25(40)14-17-35(24,3)27(26)15-18-36(28,37)4/h21,23,26-28,33,47H,5-20,22H2,1-4H3,(H,38,42)(H,39,43)(H,45,46)/t23-,26-,27+,28+,33+,35+,36+,37+/m1/s1. The van der Waals surface area contributed by atoms with Crippen molar-refractivity contribution >= 4 is 35.3 Å². The summed E-state index contributed by atoms with van der Waals surface area (Å²) in [6.45, 7) is 7.85. The van der Waals surface area contributed by atoms with Gasteiger partial charge in [-0.15, -0.1) is 0 Å². The number of carbonyl (C=O) groups is 6. The van der Waals surface area contributed by atoms with E-state index in [1.54, 1.807) is 6.92 Å². The monoisotopic (exact) mass is 672 g/mol. The van der Waals surface area contributed by atoms with Gasteiger partial charge in [0.1, 0.15) is 11.6 Å². The first kappa shape index (κ1) is 37.7. The Hall–Kier alpha value is -3.08. The molecule has 0 unspecified atom stereocenters. The first-order valence-electron chi connectivity index (χ1n) is 18.1. The van der Waals surface area contributed by atoms with Crippen molar-refractivity contribution < 1.29 is 43.7 Å². The number of aliphatic carboxylic acids is 1. The van der Waals surface area contributed by atoms with Crippen molar-refractivity contribution in [2.45, 2.75) is 136 Å². The zero-order valence-corrected chi connectivity index (χ0v) is 29.2. The Kier molecular flexibility index (Phi) is 12.3. The molecule has 8 atom stereocenters. The summed E-state index contributed by atoms with van der Waals surface area (Å²) < 4.78 is 5.26. The Morgan fingerprint density at radius 2 is 1.67 bits per heavy atom. The number of allylic oxidation sites excluding steroid dienone is 1. The highest BCUT2D eigenvalue weighted by Gasteiger charge is 2.66. The Balaban J connectivity index is 1.14. The third-order valence-electron chi connectivity index (χ3n) is 12.7. The topological polar surface area (TPSA) is 176 Å². The maximum atomic E-state index is 13.4. The van der Waals surface area contributed by atoms with E-state index < -0.39 is 41.4 Å². The second-order valence-electron chi connectivity index (χ2n) is 15.3. The van der Waals surface area contributed by atoms with Crippen molar-refractivity contribution in [3.63, 3.8) is 0 Å². The van der Waals surface area contributed by atoms with E-state index in [-0.39, 0.29) is 54.1 Å². The van der Waals surface area contributed by atoms with Crippen LogP contribution in [0.5, 0.6) is 0 Å². The second kappa shape index (κ2) is 15.6.